The van der Waals surface area contributed by atoms with Crippen molar-refractivity contribution < 1.29 is 4.79 Å². The number of imidazole rings is 1. The van der Waals surface area contributed by atoms with Crippen LogP contribution in [0.2, 0.25) is 0 Å². The topological polar surface area (TPSA) is 76.2 Å². The normalized spacial score (nSPS) is 11.7. The Hall–Kier alpha value is -1.34. The zero-order valence-corrected chi connectivity index (χ0v) is 16.7. The van der Waals surface area contributed by atoms with Crippen molar-refractivity contribution in [1.29, 1.82) is 0 Å². The Kier molecular flexibility index (Phi) is 10.7. The Morgan fingerprint density at radius 2 is 1.92 bits per heavy atom. The molecule has 1 aromatic carbocycles. The number of rotatable bonds is 8. The SMILES string of the molecule is CCN(CC)CCn1c(NC(=O)CC(C)N)nc2ccccc21.Cl.Cl. The molecular formula is C17H29Cl2N5O. The molecule has 1 atom stereocenters. The number of likely N-dealkylation sites (N-methyl/N-ethyl adjacent to an activating group) is 1. The number of amides is 1. The second-order valence-corrected chi connectivity index (χ2v) is 5.83. The molecule has 0 aliphatic carbocycles. The molecule has 0 saturated carbocycles. The van der Waals surface area contributed by atoms with Gasteiger partial charge in [0.15, 0.2) is 0 Å². The van der Waals surface area contributed by atoms with Gasteiger partial charge < -0.3 is 15.2 Å². The van der Waals surface area contributed by atoms with E-state index < -0.39 is 0 Å². The summed E-state index contributed by atoms with van der Waals surface area (Å²) in [5, 5.41) is 2.91. The predicted molar refractivity (Wildman–Crippen MR) is 109 cm³/mol. The quantitative estimate of drug-likeness (QED) is 0.727. The number of hydrogen-bond donors (Lipinski definition) is 2. The van der Waals surface area contributed by atoms with Crippen molar-refractivity contribution in [2.24, 2.45) is 5.73 Å². The van der Waals surface area contributed by atoms with Gasteiger partial charge in [0.2, 0.25) is 11.9 Å². The van der Waals surface area contributed by atoms with Crippen molar-refractivity contribution in [3.63, 3.8) is 0 Å². The van der Waals surface area contributed by atoms with Crippen LogP contribution < -0.4 is 11.1 Å². The maximum absolute atomic E-state index is 12.0. The Morgan fingerprint density at radius 3 is 2.52 bits per heavy atom. The van der Waals surface area contributed by atoms with Gasteiger partial charge in [-0.2, -0.15) is 0 Å². The summed E-state index contributed by atoms with van der Waals surface area (Å²) >= 11 is 0. The average Bonchev–Trinajstić information content (AvgIpc) is 2.85. The van der Waals surface area contributed by atoms with E-state index in [0.29, 0.717) is 12.4 Å². The van der Waals surface area contributed by atoms with Crippen LogP contribution >= 0.6 is 24.8 Å². The number of fused-ring (bicyclic) bond motifs is 1. The summed E-state index contributed by atoms with van der Waals surface area (Å²) in [4.78, 5) is 19.0. The second kappa shape index (κ2) is 11.3. The zero-order valence-electron chi connectivity index (χ0n) is 15.1. The molecule has 1 heterocycles. The fourth-order valence-corrected chi connectivity index (χ4v) is 2.65. The molecule has 0 spiro atoms. The van der Waals surface area contributed by atoms with E-state index in [1.807, 2.05) is 31.2 Å². The minimum atomic E-state index is -0.163. The number of nitrogens with two attached hydrogens (primary N) is 1. The summed E-state index contributed by atoms with van der Waals surface area (Å²) in [6.07, 6.45) is 0.291. The molecule has 0 saturated heterocycles. The molecular weight excluding hydrogens is 361 g/mol. The first-order valence-corrected chi connectivity index (χ1v) is 8.28. The number of anilines is 1. The van der Waals surface area contributed by atoms with Gasteiger partial charge in [-0.15, -0.1) is 24.8 Å². The van der Waals surface area contributed by atoms with Crippen molar-refractivity contribution >= 4 is 47.7 Å². The minimum Gasteiger partial charge on any atom is -0.327 e. The summed E-state index contributed by atoms with van der Waals surface area (Å²) in [6.45, 7) is 9.86. The maximum Gasteiger partial charge on any atom is 0.228 e. The van der Waals surface area contributed by atoms with Gasteiger partial charge in [0.1, 0.15) is 0 Å². The minimum absolute atomic E-state index is 0. The fraction of sp³-hybridized carbons (Fsp3) is 0.529. The molecule has 3 N–H and O–H groups in total. The first-order valence-electron chi connectivity index (χ1n) is 8.28. The van der Waals surface area contributed by atoms with Gasteiger partial charge in [-0.05, 0) is 32.1 Å². The molecule has 2 rings (SSSR count). The molecule has 8 heteroatoms. The van der Waals surface area contributed by atoms with Crippen LogP contribution in [0.15, 0.2) is 24.3 Å². The molecule has 0 radical (unpaired) electrons. The van der Waals surface area contributed by atoms with Crippen LogP contribution in [0, 0.1) is 0 Å². The van der Waals surface area contributed by atoms with Crippen molar-refractivity contribution in [2.75, 3.05) is 25.0 Å². The lowest BCUT2D eigenvalue weighted by atomic mass is 10.2. The number of carbonyl (C=O) groups excluding carboxylic acids is 1. The molecule has 2 aromatic rings. The Balaban J connectivity index is 0.00000288. The molecule has 1 aromatic heterocycles. The van der Waals surface area contributed by atoms with Crippen molar-refractivity contribution in [3.8, 4) is 0 Å². The Bertz CT molecular complexity index is 656. The van der Waals surface area contributed by atoms with Gasteiger partial charge in [-0.3, -0.25) is 10.1 Å². The third kappa shape index (κ3) is 6.47. The molecule has 0 bridgehead atoms. The third-order valence-corrected chi connectivity index (χ3v) is 3.95. The zero-order chi connectivity index (χ0) is 16.8. The van der Waals surface area contributed by atoms with Gasteiger partial charge in [-0.1, -0.05) is 26.0 Å². The van der Waals surface area contributed by atoms with E-state index in [-0.39, 0.29) is 36.8 Å². The van der Waals surface area contributed by atoms with Crippen LogP contribution in [0.3, 0.4) is 0 Å². The van der Waals surface area contributed by atoms with E-state index in [1.165, 1.54) is 0 Å². The number of aromatic nitrogens is 2. The molecule has 1 amide bonds. The van der Waals surface area contributed by atoms with Crippen molar-refractivity contribution in [3.05, 3.63) is 24.3 Å². The van der Waals surface area contributed by atoms with E-state index in [9.17, 15) is 4.79 Å². The van der Waals surface area contributed by atoms with Gasteiger partial charge in [0.05, 0.1) is 11.0 Å². The first-order chi connectivity index (χ1) is 11.0. The lowest BCUT2D eigenvalue weighted by Gasteiger charge is -2.19. The average molecular weight is 390 g/mol. The van der Waals surface area contributed by atoms with Crippen molar-refractivity contribution in [2.45, 2.75) is 39.8 Å². The van der Waals surface area contributed by atoms with Gasteiger partial charge in [-0.25, -0.2) is 4.98 Å². The van der Waals surface area contributed by atoms with Gasteiger partial charge in [0, 0.05) is 25.6 Å². The number of hydrogen-bond acceptors (Lipinski definition) is 4. The van der Waals surface area contributed by atoms with E-state index in [1.54, 1.807) is 0 Å². The smallest absolute Gasteiger partial charge is 0.228 e. The molecule has 1 unspecified atom stereocenters. The van der Waals surface area contributed by atoms with Crippen LogP contribution in [0.1, 0.15) is 27.2 Å². The lowest BCUT2D eigenvalue weighted by molar-refractivity contribution is -0.116. The van der Waals surface area contributed by atoms with Crippen molar-refractivity contribution in [1.82, 2.24) is 14.5 Å². The Labute approximate surface area is 162 Å². The monoisotopic (exact) mass is 389 g/mol. The van der Waals surface area contributed by atoms with Crippen LogP contribution in [0.4, 0.5) is 5.95 Å². The number of nitrogens with zero attached hydrogens (tertiary/aromatic N) is 3. The molecule has 0 aliphatic rings. The summed E-state index contributed by atoms with van der Waals surface area (Å²) in [7, 11) is 0. The molecule has 0 fully saturated rings. The van der Waals surface area contributed by atoms with Gasteiger partial charge >= 0.3 is 0 Å². The van der Waals surface area contributed by atoms with Gasteiger partial charge in [0.25, 0.3) is 0 Å². The van der Waals surface area contributed by atoms with E-state index >= 15 is 0 Å². The number of carbonyl (C=O) groups is 1. The first kappa shape index (κ1) is 23.7. The Morgan fingerprint density at radius 1 is 1.28 bits per heavy atom. The number of nitrogens with one attached hydrogen (secondary N) is 1. The van der Waals surface area contributed by atoms with Crippen LogP contribution in [-0.4, -0.2) is 46.0 Å². The maximum atomic E-state index is 12.0. The van der Waals surface area contributed by atoms with Crippen LogP contribution in [-0.2, 0) is 11.3 Å². The largest absolute Gasteiger partial charge is 0.327 e. The summed E-state index contributed by atoms with van der Waals surface area (Å²) in [5.41, 5.74) is 7.63. The number of para-hydroxylation sites is 2. The highest BCUT2D eigenvalue weighted by atomic mass is 35.5. The number of benzene rings is 1. The summed E-state index contributed by atoms with van der Waals surface area (Å²) in [6, 6.07) is 7.78. The predicted octanol–water partition coefficient (Wildman–Crippen LogP) is 2.90. The number of halogens is 2. The summed E-state index contributed by atoms with van der Waals surface area (Å²) < 4.78 is 2.08. The lowest BCUT2D eigenvalue weighted by Crippen LogP contribution is -2.28. The highest BCUT2D eigenvalue weighted by Gasteiger charge is 2.14. The molecule has 6 nitrogen and oxygen atoms in total. The highest BCUT2D eigenvalue weighted by molar-refractivity contribution is 5.91. The third-order valence-electron chi connectivity index (χ3n) is 3.95. The van der Waals surface area contributed by atoms with Crippen LogP contribution in [0.25, 0.3) is 11.0 Å². The molecule has 142 valence electrons. The molecule has 25 heavy (non-hydrogen) atoms. The molecule has 0 aliphatic heterocycles. The van der Waals surface area contributed by atoms with E-state index in [0.717, 1.165) is 37.2 Å². The highest BCUT2D eigenvalue weighted by Crippen LogP contribution is 2.19. The fourth-order valence-electron chi connectivity index (χ4n) is 2.65. The van der Waals surface area contributed by atoms with Crippen LogP contribution in [0.5, 0.6) is 0 Å². The van der Waals surface area contributed by atoms with E-state index in [4.69, 9.17) is 5.73 Å². The standard InChI is InChI=1S/C17H27N5O.2ClH/c1-4-21(5-2)10-11-22-15-9-7-6-8-14(15)19-17(22)20-16(23)12-13(3)18;;/h6-9,13H,4-5,10-12,18H2,1-3H3,(H,19,20,23);2*1H. The summed E-state index contributed by atoms with van der Waals surface area (Å²) in [5.74, 6) is 0.503. The van der Waals surface area contributed by atoms with E-state index in [2.05, 4.69) is 33.6 Å². The second-order valence-electron chi connectivity index (χ2n) is 5.83.